The van der Waals surface area contributed by atoms with Crippen molar-refractivity contribution in [3.63, 3.8) is 0 Å². The van der Waals surface area contributed by atoms with Crippen LogP contribution in [0.5, 0.6) is 0 Å². The molecule has 0 fully saturated rings. The van der Waals surface area contributed by atoms with Gasteiger partial charge in [0.25, 0.3) is 0 Å². The van der Waals surface area contributed by atoms with Crippen LogP contribution in [0.3, 0.4) is 0 Å². The van der Waals surface area contributed by atoms with Crippen molar-refractivity contribution in [1.29, 1.82) is 0 Å². The zero-order valence-corrected chi connectivity index (χ0v) is 10.4. The molecule has 1 aromatic rings. The molecule has 2 amide bonds. The van der Waals surface area contributed by atoms with Gasteiger partial charge in [-0.05, 0) is 12.1 Å². The fraction of sp³-hybridized carbons (Fsp3) is 0.417. The number of aliphatic hydroxyl groups excluding tert-OH is 1. The van der Waals surface area contributed by atoms with E-state index in [0.29, 0.717) is 13.0 Å². The van der Waals surface area contributed by atoms with Crippen LogP contribution in [0.15, 0.2) is 24.4 Å². The first-order valence-electron chi connectivity index (χ1n) is 5.92. The molecular weight excluding hydrogens is 250 g/mol. The van der Waals surface area contributed by atoms with E-state index in [1.165, 1.54) is 0 Å². The van der Waals surface area contributed by atoms with E-state index in [-0.39, 0.29) is 13.0 Å². The number of rotatable bonds is 7. The van der Waals surface area contributed by atoms with E-state index >= 15 is 0 Å². The summed E-state index contributed by atoms with van der Waals surface area (Å²) >= 11 is 0. The van der Waals surface area contributed by atoms with Gasteiger partial charge in [-0.15, -0.1) is 0 Å². The first-order valence-corrected chi connectivity index (χ1v) is 5.92. The average molecular weight is 267 g/mol. The van der Waals surface area contributed by atoms with Gasteiger partial charge >= 0.3 is 12.0 Å². The summed E-state index contributed by atoms with van der Waals surface area (Å²) in [5.41, 5.74) is 0.879. The number of carboxylic acids is 1. The summed E-state index contributed by atoms with van der Waals surface area (Å²) in [5, 5.41) is 22.5. The lowest BCUT2D eigenvalue weighted by atomic mass is 10.2. The molecule has 0 unspecified atom stereocenters. The zero-order valence-electron chi connectivity index (χ0n) is 10.4. The molecule has 0 bridgehead atoms. The number of pyridine rings is 1. The van der Waals surface area contributed by atoms with Crippen LogP contribution in [0.1, 0.15) is 12.1 Å². The Morgan fingerprint density at radius 1 is 1.26 bits per heavy atom. The van der Waals surface area contributed by atoms with Crippen molar-refractivity contribution in [2.24, 2.45) is 0 Å². The van der Waals surface area contributed by atoms with E-state index in [4.69, 9.17) is 10.2 Å². The number of nitrogens with one attached hydrogen (secondary N) is 2. The lowest BCUT2D eigenvalue weighted by Crippen LogP contribution is -2.38. The molecule has 1 rings (SSSR count). The second-order valence-corrected chi connectivity index (χ2v) is 3.90. The number of hydrogen-bond donors (Lipinski definition) is 4. The Morgan fingerprint density at radius 2 is 2.00 bits per heavy atom. The summed E-state index contributed by atoms with van der Waals surface area (Å²) in [4.78, 5) is 25.7. The van der Waals surface area contributed by atoms with Gasteiger partial charge in [0, 0.05) is 37.8 Å². The van der Waals surface area contributed by atoms with Crippen molar-refractivity contribution in [3.8, 4) is 0 Å². The zero-order chi connectivity index (χ0) is 14.1. The van der Waals surface area contributed by atoms with E-state index in [9.17, 15) is 9.59 Å². The summed E-state index contributed by atoms with van der Waals surface area (Å²) in [7, 11) is 0. The molecule has 0 aliphatic rings. The molecule has 1 atom stereocenters. The van der Waals surface area contributed by atoms with Crippen LogP contribution in [0, 0.1) is 0 Å². The Labute approximate surface area is 110 Å². The fourth-order valence-electron chi connectivity index (χ4n) is 1.36. The smallest absolute Gasteiger partial charge is 0.332 e. The first-order chi connectivity index (χ1) is 9.09. The predicted octanol–water partition coefficient (Wildman–Crippen LogP) is -0.241. The van der Waals surface area contributed by atoms with E-state index in [2.05, 4.69) is 15.6 Å². The third-order valence-electron chi connectivity index (χ3n) is 2.38. The van der Waals surface area contributed by atoms with Crippen molar-refractivity contribution in [1.82, 2.24) is 15.6 Å². The predicted molar refractivity (Wildman–Crippen MR) is 67.6 cm³/mol. The molecule has 0 aliphatic heterocycles. The van der Waals surface area contributed by atoms with E-state index in [1.54, 1.807) is 6.20 Å². The highest BCUT2D eigenvalue weighted by Crippen LogP contribution is 1.93. The van der Waals surface area contributed by atoms with Gasteiger partial charge in [-0.1, -0.05) is 6.07 Å². The number of aliphatic hydroxyl groups is 1. The SMILES string of the molecule is O=C(NCCc1ccccn1)NCC[C@H](O)C(=O)O. The summed E-state index contributed by atoms with van der Waals surface area (Å²) in [5.74, 6) is -1.29. The van der Waals surface area contributed by atoms with Gasteiger partial charge in [-0.2, -0.15) is 0 Å². The minimum atomic E-state index is -1.45. The number of carbonyl (C=O) groups is 2. The highest BCUT2D eigenvalue weighted by atomic mass is 16.4. The standard InChI is InChI=1S/C12H17N3O4/c16-10(11(17)18)5-8-15-12(19)14-7-4-9-3-1-2-6-13-9/h1-3,6,10,16H,4-5,7-8H2,(H,17,18)(H2,14,15,19)/t10-/m0/s1. The van der Waals surface area contributed by atoms with Crippen molar-refractivity contribution < 1.29 is 19.8 Å². The molecule has 0 aliphatic carbocycles. The molecule has 104 valence electrons. The van der Waals surface area contributed by atoms with Crippen LogP contribution >= 0.6 is 0 Å². The number of amides is 2. The van der Waals surface area contributed by atoms with Crippen LogP contribution in [0.2, 0.25) is 0 Å². The van der Waals surface area contributed by atoms with Gasteiger partial charge in [0.1, 0.15) is 0 Å². The van der Waals surface area contributed by atoms with E-state index < -0.39 is 18.1 Å². The Morgan fingerprint density at radius 3 is 2.63 bits per heavy atom. The third kappa shape index (κ3) is 6.37. The fourth-order valence-corrected chi connectivity index (χ4v) is 1.36. The lowest BCUT2D eigenvalue weighted by molar-refractivity contribution is -0.146. The number of carbonyl (C=O) groups excluding carboxylic acids is 1. The quantitative estimate of drug-likeness (QED) is 0.544. The number of aromatic nitrogens is 1. The molecule has 0 spiro atoms. The number of carboxylic acid groups (broad SMARTS) is 1. The van der Waals surface area contributed by atoms with Crippen LogP contribution in [0.25, 0.3) is 0 Å². The number of nitrogens with zero attached hydrogens (tertiary/aromatic N) is 1. The Bertz CT molecular complexity index is 411. The van der Waals surface area contributed by atoms with Crippen molar-refractivity contribution in [2.45, 2.75) is 18.9 Å². The van der Waals surface area contributed by atoms with Crippen molar-refractivity contribution in [3.05, 3.63) is 30.1 Å². The van der Waals surface area contributed by atoms with Crippen LogP contribution in [0.4, 0.5) is 4.79 Å². The maximum absolute atomic E-state index is 11.3. The molecule has 0 saturated heterocycles. The summed E-state index contributed by atoms with van der Waals surface area (Å²) in [6, 6.07) is 5.16. The third-order valence-corrected chi connectivity index (χ3v) is 2.38. The van der Waals surface area contributed by atoms with Gasteiger partial charge in [-0.25, -0.2) is 9.59 Å². The molecule has 0 radical (unpaired) electrons. The average Bonchev–Trinajstić information content (AvgIpc) is 2.39. The van der Waals surface area contributed by atoms with Gasteiger partial charge in [0.2, 0.25) is 0 Å². The minimum absolute atomic E-state index is 0.0248. The number of hydrogen-bond acceptors (Lipinski definition) is 4. The number of aliphatic carboxylic acids is 1. The summed E-state index contributed by atoms with van der Waals surface area (Å²) in [6.45, 7) is 0.535. The number of urea groups is 1. The summed E-state index contributed by atoms with van der Waals surface area (Å²) in [6.07, 6.45) is 0.825. The van der Waals surface area contributed by atoms with Gasteiger partial charge < -0.3 is 20.8 Å². The van der Waals surface area contributed by atoms with Gasteiger partial charge in [-0.3, -0.25) is 4.98 Å². The maximum Gasteiger partial charge on any atom is 0.332 e. The second-order valence-electron chi connectivity index (χ2n) is 3.90. The highest BCUT2D eigenvalue weighted by Gasteiger charge is 2.12. The topological polar surface area (TPSA) is 112 Å². The van der Waals surface area contributed by atoms with E-state index in [1.807, 2.05) is 18.2 Å². The monoisotopic (exact) mass is 267 g/mol. The van der Waals surface area contributed by atoms with Crippen molar-refractivity contribution in [2.75, 3.05) is 13.1 Å². The van der Waals surface area contributed by atoms with Crippen LogP contribution in [-0.2, 0) is 11.2 Å². The second kappa shape index (κ2) is 8.04. The largest absolute Gasteiger partial charge is 0.479 e. The molecule has 1 aromatic heterocycles. The first kappa shape index (κ1) is 14.9. The van der Waals surface area contributed by atoms with E-state index in [0.717, 1.165) is 5.69 Å². The van der Waals surface area contributed by atoms with Crippen molar-refractivity contribution >= 4 is 12.0 Å². The molecule has 19 heavy (non-hydrogen) atoms. The Kier molecular flexibility index (Phi) is 6.31. The molecule has 1 heterocycles. The molecule has 7 heteroatoms. The highest BCUT2D eigenvalue weighted by molar-refractivity contribution is 5.74. The normalized spacial score (nSPS) is 11.6. The van der Waals surface area contributed by atoms with Crippen LogP contribution in [-0.4, -0.2) is 46.4 Å². The molecule has 4 N–H and O–H groups in total. The van der Waals surface area contributed by atoms with Gasteiger partial charge in [0.15, 0.2) is 6.10 Å². The molecule has 0 saturated carbocycles. The maximum atomic E-state index is 11.3. The summed E-state index contributed by atoms with van der Waals surface area (Å²) < 4.78 is 0. The molecule has 7 nitrogen and oxygen atoms in total. The Balaban J connectivity index is 2.10. The van der Waals surface area contributed by atoms with Gasteiger partial charge in [0.05, 0.1) is 0 Å². The minimum Gasteiger partial charge on any atom is -0.479 e. The van der Waals surface area contributed by atoms with Crippen LogP contribution < -0.4 is 10.6 Å². The molecule has 0 aromatic carbocycles. The lowest BCUT2D eigenvalue weighted by Gasteiger charge is -2.08. The Hall–Kier alpha value is -2.15. The molecular formula is C12H17N3O4.